The zero-order valence-electron chi connectivity index (χ0n) is 9.07. The van der Waals surface area contributed by atoms with Gasteiger partial charge in [0, 0.05) is 18.0 Å². The fraction of sp³-hybridized carbons (Fsp3) is 0.167. The van der Waals surface area contributed by atoms with Gasteiger partial charge in [0.25, 0.3) is 0 Å². The normalized spacial score (nSPS) is 10.2. The Morgan fingerprint density at radius 1 is 1.25 bits per heavy atom. The van der Waals surface area contributed by atoms with Crippen molar-refractivity contribution in [2.45, 2.75) is 6.92 Å². The highest BCUT2D eigenvalue weighted by Gasteiger charge is 2.11. The van der Waals surface area contributed by atoms with Gasteiger partial charge in [-0.05, 0) is 30.7 Å². The molecule has 82 valence electrons. The number of aryl methyl sites for hydroxylation is 1. The van der Waals surface area contributed by atoms with E-state index < -0.39 is 0 Å². The number of methoxy groups -OCH3 is 1. The molecule has 2 aromatic rings. The minimum absolute atomic E-state index is 0.463. The summed E-state index contributed by atoms with van der Waals surface area (Å²) in [5.41, 5.74) is 2.73. The largest absolute Gasteiger partial charge is 0.494 e. The van der Waals surface area contributed by atoms with Gasteiger partial charge in [-0.2, -0.15) is 0 Å². The molecular weight excluding hydrogens is 224 g/mol. The number of pyridine rings is 2. The van der Waals surface area contributed by atoms with Crippen molar-refractivity contribution in [3.05, 3.63) is 41.4 Å². The second-order valence-corrected chi connectivity index (χ2v) is 3.73. The minimum Gasteiger partial charge on any atom is -0.494 e. The Morgan fingerprint density at radius 2 is 1.94 bits per heavy atom. The zero-order chi connectivity index (χ0) is 11.5. The van der Waals surface area contributed by atoms with Gasteiger partial charge in [-0.1, -0.05) is 11.6 Å². The quantitative estimate of drug-likeness (QED) is 0.749. The van der Waals surface area contributed by atoms with E-state index in [4.69, 9.17) is 16.3 Å². The van der Waals surface area contributed by atoms with Crippen molar-refractivity contribution in [1.82, 2.24) is 9.97 Å². The van der Waals surface area contributed by atoms with Crippen LogP contribution in [0, 0.1) is 6.92 Å². The number of hydrogen-bond donors (Lipinski definition) is 0. The van der Waals surface area contributed by atoms with Gasteiger partial charge in [0.05, 0.1) is 12.8 Å². The first kappa shape index (κ1) is 10.9. The van der Waals surface area contributed by atoms with Gasteiger partial charge in [0.1, 0.15) is 10.9 Å². The van der Waals surface area contributed by atoms with E-state index in [9.17, 15) is 0 Å². The monoisotopic (exact) mass is 234 g/mol. The summed E-state index contributed by atoms with van der Waals surface area (Å²) in [6.07, 6.45) is 3.47. The highest BCUT2D eigenvalue weighted by molar-refractivity contribution is 6.29. The Balaban J connectivity index is 2.64. The number of ether oxygens (including phenoxy) is 1. The highest BCUT2D eigenvalue weighted by Crippen LogP contribution is 2.33. The van der Waals surface area contributed by atoms with Gasteiger partial charge in [-0.15, -0.1) is 0 Å². The van der Waals surface area contributed by atoms with Crippen molar-refractivity contribution < 1.29 is 4.74 Å². The average molecular weight is 235 g/mol. The molecule has 0 aliphatic heterocycles. The minimum atomic E-state index is 0.463. The molecule has 0 aliphatic carbocycles. The van der Waals surface area contributed by atoms with E-state index in [2.05, 4.69) is 9.97 Å². The maximum absolute atomic E-state index is 5.95. The predicted molar refractivity (Wildman–Crippen MR) is 63.8 cm³/mol. The van der Waals surface area contributed by atoms with Crippen LogP contribution < -0.4 is 4.74 Å². The van der Waals surface area contributed by atoms with Crippen molar-refractivity contribution in [2.24, 2.45) is 0 Å². The summed E-state index contributed by atoms with van der Waals surface area (Å²) in [6.45, 7) is 1.87. The Hall–Kier alpha value is -1.61. The van der Waals surface area contributed by atoms with Gasteiger partial charge < -0.3 is 4.74 Å². The molecule has 3 nitrogen and oxygen atoms in total. The van der Waals surface area contributed by atoms with Gasteiger partial charge in [-0.3, -0.25) is 4.98 Å². The van der Waals surface area contributed by atoms with Crippen molar-refractivity contribution in [3.63, 3.8) is 0 Å². The van der Waals surface area contributed by atoms with E-state index >= 15 is 0 Å². The Kier molecular flexibility index (Phi) is 3.06. The van der Waals surface area contributed by atoms with E-state index in [-0.39, 0.29) is 0 Å². The Labute approximate surface area is 99.1 Å². The van der Waals surface area contributed by atoms with Gasteiger partial charge >= 0.3 is 0 Å². The summed E-state index contributed by atoms with van der Waals surface area (Å²) in [7, 11) is 1.63. The van der Waals surface area contributed by atoms with Crippen LogP contribution in [-0.2, 0) is 0 Å². The molecular formula is C12H11ClN2O. The molecule has 0 amide bonds. The molecule has 0 spiro atoms. The second kappa shape index (κ2) is 4.49. The molecule has 0 N–H and O–H groups in total. The molecule has 0 unspecified atom stereocenters. The highest BCUT2D eigenvalue weighted by atomic mass is 35.5. The number of aromatic nitrogens is 2. The average Bonchev–Trinajstić information content (AvgIpc) is 2.29. The molecule has 2 heterocycles. The fourth-order valence-electron chi connectivity index (χ4n) is 1.63. The lowest BCUT2D eigenvalue weighted by Gasteiger charge is -2.11. The van der Waals surface area contributed by atoms with Crippen molar-refractivity contribution >= 4 is 11.6 Å². The summed E-state index contributed by atoms with van der Waals surface area (Å²) < 4.78 is 5.34. The maximum atomic E-state index is 5.95. The molecule has 2 aromatic heterocycles. The second-order valence-electron chi connectivity index (χ2n) is 3.35. The van der Waals surface area contributed by atoms with Crippen LogP contribution in [0.25, 0.3) is 11.1 Å². The summed E-state index contributed by atoms with van der Waals surface area (Å²) in [6, 6.07) is 5.62. The van der Waals surface area contributed by atoms with Crippen molar-refractivity contribution in [1.29, 1.82) is 0 Å². The smallest absolute Gasteiger partial charge is 0.147 e. The first-order valence-corrected chi connectivity index (χ1v) is 5.21. The number of nitrogens with zero attached hydrogens (tertiary/aromatic N) is 2. The summed E-state index contributed by atoms with van der Waals surface area (Å²) in [5.74, 6) is 0.746. The summed E-state index contributed by atoms with van der Waals surface area (Å²) >= 11 is 5.95. The van der Waals surface area contributed by atoms with E-state index in [1.807, 2.05) is 19.1 Å². The molecule has 0 radical (unpaired) electrons. The number of halogens is 1. The summed E-state index contributed by atoms with van der Waals surface area (Å²) in [5, 5.41) is 0.463. The van der Waals surface area contributed by atoms with Crippen LogP contribution >= 0.6 is 11.6 Å². The number of hydrogen-bond acceptors (Lipinski definition) is 3. The van der Waals surface area contributed by atoms with Crippen LogP contribution in [0.5, 0.6) is 5.75 Å². The molecule has 0 atom stereocenters. The summed E-state index contributed by atoms with van der Waals surface area (Å²) in [4.78, 5) is 8.14. The van der Waals surface area contributed by atoms with Crippen molar-refractivity contribution in [2.75, 3.05) is 7.11 Å². The number of rotatable bonds is 2. The van der Waals surface area contributed by atoms with E-state index in [0.717, 1.165) is 22.6 Å². The van der Waals surface area contributed by atoms with E-state index in [0.29, 0.717) is 5.15 Å². The van der Waals surface area contributed by atoms with Gasteiger partial charge in [-0.25, -0.2) is 4.98 Å². The molecule has 4 heteroatoms. The molecule has 0 saturated heterocycles. The Morgan fingerprint density at radius 3 is 2.56 bits per heavy atom. The lowest BCUT2D eigenvalue weighted by molar-refractivity contribution is 0.411. The van der Waals surface area contributed by atoms with Gasteiger partial charge in [0.2, 0.25) is 0 Å². The molecule has 0 bridgehead atoms. The third kappa shape index (κ3) is 1.99. The van der Waals surface area contributed by atoms with Crippen LogP contribution in [0.1, 0.15) is 5.69 Å². The van der Waals surface area contributed by atoms with Crippen LogP contribution in [0.4, 0.5) is 0 Å². The van der Waals surface area contributed by atoms with Crippen LogP contribution in [0.15, 0.2) is 30.6 Å². The molecule has 0 fully saturated rings. The standard InChI is InChI=1S/C12H11ClN2O/c1-8-12(16-2)10(7-11(13)15-8)9-3-5-14-6-4-9/h3-7H,1-2H3. The molecule has 2 rings (SSSR count). The van der Waals surface area contributed by atoms with E-state index in [1.165, 1.54) is 0 Å². The van der Waals surface area contributed by atoms with Crippen LogP contribution in [-0.4, -0.2) is 17.1 Å². The first-order valence-electron chi connectivity index (χ1n) is 4.84. The maximum Gasteiger partial charge on any atom is 0.147 e. The molecule has 16 heavy (non-hydrogen) atoms. The molecule has 0 aliphatic rings. The SMILES string of the molecule is COc1c(-c2ccncc2)cc(Cl)nc1C. The zero-order valence-corrected chi connectivity index (χ0v) is 9.82. The first-order chi connectivity index (χ1) is 7.72. The lowest BCUT2D eigenvalue weighted by atomic mass is 10.1. The molecule has 0 saturated carbocycles. The predicted octanol–water partition coefficient (Wildman–Crippen LogP) is 3.11. The topological polar surface area (TPSA) is 35.0 Å². The lowest BCUT2D eigenvalue weighted by Crippen LogP contribution is -1.94. The fourth-order valence-corrected chi connectivity index (χ4v) is 1.86. The van der Waals surface area contributed by atoms with Crippen LogP contribution in [0.3, 0.4) is 0 Å². The van der Waals surface area contributed by atoms with Crippen molar-refractivity contribution in [3.8, 4) is 16.9 Å². The third-order valence-corrected chi connectivity index (χ3v) is 2.50. The third-order valence-electron chi connectivity index (χ3n) is 2.31. The Bertz CT molecular complexity index is 500. The molecule has 0 aromatic carbocycles. The van der Waals surface area contributed by atoms with E-state index in [1.54, 1.807) is 25.6 Å². The van der Waals surface area contributed by atoms with Gasteiger partial charge in [0.15, 0.2) is 0 Å². The van der Waals surface area contributed by atoms with Crippen LogP contribution in [0.2, 0.25) is 5.15 Å².